The fraction of sp³-hybridized carbons (Fsp3) is 1.00. The van der Waals surface area contributed by atoms with E-state index in [2.05, 4.69) is 0 Å². The highest BCUT2D eigenvalue weighted by molar-refractivity contribution is 7.75. The molecule has 1 rings (SSSR count). The molecule has 0 atom stereocenters. The summed E-state index contributed by atoms with van der Waals surface area (Å²) in [6.07, 6.45) is 0. The van der Waals surface area contributed by atoms with Crippen LogP contribution in [0.1, 0.15) is 0 Å². The van der Waals surface area contributed by atoms with Crippen molar-refractivity contribution in [3.8, 4) is 0 Å². The first-order valence-electron chi connectivity index (χ1n) is 5.89. The van der Waals surface area contributed by atoms with Crippen LogP contribution in [0.3, 0.4) is 0 Å². The lowest BCUT2D eigenvalue weighted by atomic mass is 10.7. The Balaban J connectivity index is 2.11. The Bertz CT molecular complexity index is 194. The Morgan fingerprint density at radius 2 is 0.778 bits per heavy atom. The molecule has 1 aliphatic heterocycles. The number of ether oxygens (including phenoxy) is 4. The molecular weight excluding hydrogens is 264 g/mol. The Labute approximate surface area is 109 Å². The Hall–Kier alpha value is -0.0900. The second-order valence-electron chi connectivity index (χ2n) is 3.30. The average Bonchev–Trinajstić information content (AvgIpc) is 2.37. The molecule has 8 heteroatoms. The van der Waals surface area contributed by atoms with E-state index in [1.165, 1.54) is 0 Å². The Kier molecular flexibility index (Phi) is 10.6. The SMILES string of the molecule is O=S1OCCOCCOCCOCCOCCO1. The van der Waals surface area contributed by atoms with Gasteiger partial charge in [-0.15, -0.1) is 0 Å². The second-order valence-corrected chi connectivity index (χ2v) is 4.18. The maximum absolute atomic E-state index is 11.1. The van der Waals surface area contributed by atoms with Crippen LogP contribution in [0.2, 0.25) is 0 Å². The van der Waals surface area contributed by atoms with Crippen LogP contribution in [-0.4, -0.2) is 70.3 Å². The van der Waals surface area contributed by atoms with Gasteiger partial charge in [0.1, 0.15) is 0 Å². The molecule has 1 aliphatic rings. The zero-order valence-corrected chi connectivity index (χ0v) is 11.2. The zero-order chi connectivity index (χ0) is 12.9. The molecule has 1 heterocycles. The van der Waals surface area contributed by atoms with Gasteiger partial charge in [0.2, 0.25) is 0 Å². The standard InChI is InChI=1S/C10H20O7S/c11-18-16-9-7-14-5-3-12-1-2-13-4-6-15-8-10-17-18/h1-10H2. The van der Waals surface area contributed by atoms with Crippen molar-refractivity contribution in [3.05, 3.63) is 0 Å². The number of hydrogen-bond donors (Lipinski definition) is 0. The maximum atomic E-state index is 11.1. The van der Waals surface area contributed by atoms with Gasteiger partial charge in [0.05, 0.1) is 66.1 Å². The average molecular weight is 284 g/mol. The third kappa shape index (κ3) is 9.89. The molecule has 1 saturated heterocycles. The van der Waals surface area contributed by atoms with Crippen molar-refractivity contribution in [2.45, 2.75) is 0 Å². The summed E-state index contributed by atoms with van der Waals surface area (Å²) in [4.78, 5) is 0. The Morgan fingerprint density at radius 3 is 1.11 bits per heavy atom. The van der Waals surface area contributed by atoms with Gasteiger partial charge < -0.3 is 18.9 Å². The maximum Gasteiger partial charge on any atom is 0.304 e. The van der Waals surface area contributed by atoms with Crippen LogP contribution in [0.5, 0.6) is 0 Å². The van der Waals surface area contributed by atoms with Gasteiger partial charge in [-0.1, -0.05) is 0 Å². The second kappa shape index (κ2) is 12.0. The quantitative estimate of drug-likeness (QED) is 0.603. The lowest BCUT2D eigenvalue weighted by molar-refractivity contribution is -0.00426. The van der Waals surface area contributed by atoms with Gasteiger partial charge in [-0.3, -0.25) is 8.37 Å². The van der Waals surface area contributed by atoms with E-state index in [9.17, 15) is 4.21 Å². The third-order valence-corrected chi connectivity index (χ3v) is 2.65. The van der Waals surface area contributed by atoms with Crippen LogP contribution in [0, 0.1) is 0 Å². The minimum atomic E-state index is -1.74. The molecular formula is C10H20O7S. The predicted molar refractivity (Wildman–Crippen MR) is 63.3 cm³/mol. The van der Waals surface area contributed by atoms with Crippen LogP contribution < -0.4 is 0 Å². The van der Waals surface area contributed by atoms with E-state index in [1.807, 2.05) is 0 Å². The first-order valence-corrected chi connectivity index (χ1v) is 6.89. The largest absolute Gasteiger partial charge is 0.377 e. The van der Waals surface area contributed by atoms with Crippen LogP contribution >= 0.6 is 0 Å². The lowest BCUT2D eigenvalue weighted by Crippen LogP contribution is -2.13. The molecule has 0 aromatic rings. The van der Waals surface area contributed by atoms with Crippen molar-refractivity contribution in [2.24, 2.45) is 0 Å². The number of rotatable bonds is 0. The third-order valence-electron chi connectivity index (χ3n) is 1.93. The highest BCUT2D eigenvalue weighted by Gasteiger charge is 2.01. The van der Waals surface area contributed by atoms with Crippen LogP contribution in [0.4, 0.5) is 0 Å². The summed E-state index contributed by atoms with van der Waals surface area (Å²) in [6, 6.07) is 0. The predicted octanol–water partition coefficient (Wildman–Crippen LogP) is -0.322. The molecule has 0 aliphatic carbocycles. The fourth-order valence-corrected chi connectivity index (χ4v) is 1.59. The molecule has 108 valence electrons. The van der Waals surface area contributed by atoms with Gasteiger partial charge in [-0.2, -0.15) is 4.21 Å². The van der Waals surface area contributed by atoms with Gasteiger partial charge in [-0.05, 0) is 0 Å². The van der Waals surface area contributed by atoms with Gasteiger partial charge >= 0.3 is 11.4 Å². The van der Waals surface area contributed by atoms with Crippen molar-refractivity contribution >= 4 is 11.4 Å². The normalized spacial score (nSPS) is 24.4. The van der Waals surface area contributed by atoms with E-state index >= 15 is 0 Å². The molecule has 0 amide bonds. The molecule has 0 spiro atoms. The minimum absolute atomic E-state index is 0.219. The van der Waals surface area contributed by atoms with Crippen LogP contribution in [0.25, 0.3) is 0 Å². The monoisotopic (exact) mass is 284 g/mol. The number of hydrogen-bond acceptors (Lipinski definition) is 7. The smallest absolute Gasteiger partial charge is 0.304 e. The van der Waals surface area contributed by atoms with Crippen molar-refractivity contribution in [1.29, 1.82) is 0 Å². The summed E-state index contributed by atoms with van der Waals surface area (Å²) in [5.74, 6) is 0. The van der Waals surface area contributed by atoms with Gasteiger partial charge in [-0.25, -0.2) is 0 Å². The van der Waals surface area contributed by atoms with E-state index in [1.54, 1.807) is 0 Å². The van der Waals surface area contributed by atoms with Gasteiger partial charge in [0.15, 0.2) is 0 Å². The molecule has 0 N–H and O–H groups in total. The van der Waals surface area contributed by atoms with Gasteiger partial charge in [0, 0.05) is 0 Å². The van der Waals surface area contributed by atoms with E-state index < -0.39 is 11.4 Å². The molecule has 0 saturated carbocycles. The summed E-state index contributed by atoms with van der Waals surface area (Å²) >= 11 is -1.74. The van der Waals surface area contributed by atoms with Crippen molar-refractivity contribution in [3.63, 3.8) is 0 Å². The topological polar surface area (TPSA) is 72.5 Å². The van der Waals surface area contributed by atoms with E-state index in [0.29, 0.717) is 52.9 Å². The summed E-state index contributed by atoms with van der Waals surface area (Å²) in [5.41, 5.74) is 0. The highest BCUT2D eigenvalue weighted by Crippen LogP contribution is 1.91. The van der Waals surface area contributed by atoms with E-state index in [4.69, 9.17) is 27.3 Å². The molecule has 0 bridgehead atoms. The van der Waals surface area contributed by atoms with E-state index in [-0.39, 0.29) is 13.2 Å². The van der Waals surface area contributed by atoms with Crippen LogP contribution in [0.15, 0.2) is 0 Å². The molecule has 0 radical (unpaired) electrons. The van der Waals surface area contributed by atoms with Crippen LogP contribution in [-0.2, 0) is 38.7 Å². The molecule has 7 nitrogen and oxygen atoms in total. The Morgan fingerprint density at radius 1 is 0.500 bits per heavy atom. The summed E-state index contributed by atoms with van der Waals surface area (Å²) < 4.78 is 41.8. The molecule has 1 fully saturated rings. The first kappa shape index (κ1) is 16.0. The highest BCUT2D eigenvalue weighted by atomic mass is 32.2. The minimum Gasteiger partial charge on any atom is -0.377 e. The molecule has 0 unspecified atom stereocenters. The molecule has 18 heavy (non-hydrogen) atoms. The molecule has 0 aromatic heterocycles. The fourth-order valence-electron chi connectivity index (χ4n) is 1.12. The van der Waals surface area contributed by atoms with Crippen molar-refractivity contribution in [1.82, 2.24) is 0 Å². The summed E-state index contributed by atoms with van der Waals surface area (Å²) in [7, 11) is 0. The lowest BCUT2D eigenvalue weighted by Gasteiger charge is -2.06. The first-order chi connectivity index (χ1) is 8.89. The van der Waals surface area contributed by atoms with Crippen molar-refractivity contribution in [2.75, 3.05) is 66.1 Å². The van der Waals surface area contributed by atoms with Gasteiger partial charge in [0.25, 0.3) is 0 Å². The van der Waals surface area contributed by atoms with E-state index in [0.717, 1.165) is 0 Å². The van der Waals surface area contributed by atoms with Crippen molar-refractivity contribution < 1.29 is 31.5 Å². The zero-order valence-electron chi connectivity index (χ0n) is 10.3. The summed E-state index contributed by atoms with van der Waals surface area (Å²) in [5, 5.41) is 0. The molecule has 0 aromatic carbocycles. The summed E-state index contributed by atoms with van der Waals surface area (Å²) in [6.45, 7) is 4.16.